The highest BCUT2D eigenvalue weighted by atomic mass is 28.3. The molecule has 0 radical (unpaired) electrons. The summed E-state index contributed by atoms with van der Waals surface area (Å²) in [6.07, 6.45) is 2.37. The standard InChI is InChI=1S/C26H42FN5O4Si/c1-7-21(16-28)32(18-34-11-12-37(4,5)6)24-23(8-2)25(31-26(29-3)30-24)36-17-19-13-20(27)15-22(14-19)35-10-9-33/h7,13-15,21,33H,1,8-12,16-18,28H2,2-6H3,(H,29,30,31). The number of aromatic nitrogens is 2. The molecule has 206 valence electrons. The van der Waals surface area contributed by atoms with Crippen molar-refractivity contribution in [3.8, 4) is 11.6 Å². The van der Waals surface area contributed by atoms with E-state index in [1.807, 2.05) is 11.8 Å². The third kappa shape index (κ3) is 9.58. The zero-order chi connectivity index (χ0) is 27.4. The van der Waals surface area contributed by atoms with Gasteiger partial charge >= 0.3 is 0 Å². The summed E-state index contributed by atoms with van der Waals surface area (Å²) in [5.74, 6) is 1.26. The van der Waals surface area contributed by atoms with Crippen LogP contribution < -0.4 is 25.4 Å². The van der Waals surface area contributed by atoms with E-state index in [1.54, 1.807) is 19.2 Å². The number of nitrogens with two attached hydrogens (primary N) is 1. The van der Waals surface area contributed by atoms with E-state index in [1.165, 1.54) is 12.1 Å². The van der Waals surface area contributed by atoms with Gasteiger partial charge in [0.15, 0.2) is 0 Å². The Balaban J connectivity index is 2.37. The molecule has 0 aliphatic rings. The number of nitrogens with one attached hydrogen (secondary N) is 1. The fourth-order valence-corrected chi connectivity index (χ4v) is 4.30. The maximum atomic E-state index is 14.1. The molecule has 1 aromatic carbocycles. The molecule has 2 aromatic rings. The Hall–Kier alpha value is -2.73. The van der Waals surface area contributed by atoms with Crippen LogP contribution in [0.5, 0.6) is 11.6 Å². The number of hydrogen-bond donors (Lipinski definition) is 3. The summed E-state index contributed by atoms with van der Waals surface area (Å²) in [6.45, 7) is 14.1. The molecule has 1 heterocycles. The first kappa shape index (κ1) is 30.5. The van der Waals surface area contributed by atoms with E-state index in [0.29, 0.717) is 55.3 Å². The highest BCUT2D eigenvalue weighted by Crippen LogP contribution is 2.31. The molecule has 0 saturated carbocycles. The van der Waals surface area contributed by atoms with Crippen molar-refractivity contribution < 1.29 is 23.7 Å². The van der Waals surface area contributed by atoms with E-state index in [-0.39, 0.29) is 25.9 Å². The second-order valence-electron chi connectivity index (χ2n) is 9.77. The average Bonchev–Trinajstić information content (AvgIpc) is 2.86. The minimum Gasteiger partial charge on any atom is -0.491 e. The second-order valence-corrected chi connectivity index (χ2v) is 15.4. The zero-order valence-corrected chi connectivity index (χ0v) is 23.7. The van der Waals surface area contributed by atoms with E-state index in [0.717, 1.165) is 11.6 Å². The van der Waals surface area contributed by atoms with E-state index in [2.05, 4.69) is 36.5 Å². The quantitative estimate of drug-likeness (QED) is 0.120. The number of halogens is 1. The van der Waals surface area contributed by atoms with Crippen LogP contribution in [0.15, 0.2) is 30.9 Å². The van der Waals surface area contributed by atoms with Crippen LogP contribution in [-0.2, 0) is 17.8 Å². The maximum Gasteiger partial charge on any atom is 0.227 e. The first-order valence-electron chi connectivity index (χ1n) is 12.6. The molecule has 0 fully saturated rings. The van der Waals surface area contributed by atoms with Gasteiger partial charge in [-0.15, -0.1) is 6.58 Å². The van der Waals surface area contributed by atoms with E-state index >= 15 is 0 Å². The molecule has 9 nitrogen and oxygen atoms in total. The largest absolute Gasteiger partial charge is 0.491 e. The number of aliphatic hydroxyl groups excluding tert-OH is 1. The van der Waals surface area contributed by atoms with Crippen LogP contribution in [0.25, 0.3) is 0 Å². The predicted octanol–water partition coefficient (Wildman–Crippen LogP) is 3.80. The van der Waals surface area contributed by atoms with Crippen molar-refractivity contribution in [3.63, 3.8) is 0 Å². The van der Waals surface area contributed by atoms with Crippen molar-refractivity contribution in [2.75, 3.05) is 50.4 Å². The van der Waals surface area contributed by atoms with Gasteiger partial charge in [-0.25, -0.2) is 4.39 Å². The summed E-state index contributed by atoms with van der Waals surface area (Å²) >= 11 is 0. The number of benzene rings is 1. The monoisotopic (exact) mass is 535 g/mol. The minimum atomic E-state index is -1.24. The Morgan fingerprint density at radius 1 is 1.22 bits per heavy atom. The molecule has 1 atom stereocenters. The van der Waals surface area contributed by atoms with Crippen molar-refractivity contribution in [3.05, 3.63) is 47.8 Å². The molecule has 4 N–H and O–H groups in total. The summed E-state index contributed by atoms with van der Waals surface area (Å²) in [6, 6.07) is 5.14. The number of aliphatic hydroxyl groups is 1. The molecule has 0 amide bonds. The average molecular weight is 536 g/mol. The van der Waals surface area contributed by atoms with E-state index in [9.17, 15) is 4.39 Å². The van der Waals surface area contributed by atoms with E-state index < -0.39 is 13.9 Å². The predicted molar refractivity (Wildman–Crippen MR) is 149 cm³/mol. The second kappa shape index (κ2) is 14.9. The summed E-state index contributed by atoms with van der Waals surface area (Å²) in [4.78, 5) is 11.2. The van der Waals surface area contributed by atoms with E-state index in [4.69, 9.17) is 30.0 Å². The fourth-order valence-electron chi connectivity index (χ4n) is 3.54. The Morgan fingerprint density at radius 3 is 2.57 bits per heavy atom. The highest BCUT2D eigenvalue weighted by Gasteiger charge is 2.24. The molecule has 37 heavy (non-hydrogen) atoms. The van der Waals surface area contributed by atoms with Gasteiger partial charge in [0.1, 0.15) is 37.3 Å². The van der Waals surface area contributed by atoms with Gasteiger partial charge in [-0.05, 0) is 30.2 Å². The van der Waals surface area contributed by atoms with Crippen molar-refractivity contribution >= 4 is 19.8 Å². The number of rotatable bonds is 17. The van der Waals surface area contributed by atoms with Crippen LogP contribution in [-0.4, -0.2) is 69.3 Å². The Labute approximate surface area is 220 Å². The Kier molecular flexibility index (Phi) is 12.3. The molecular weight excluding hydrogens is 493 g/mol. The van der Waals surface area contributed by atoms with Gasteiger partial charge in [0, 0.05) is 34.3 Å². The third-order valence-corrected chi connectivity index (χ3v) is 7.31. The lowest BCUT2D eigenvalue weighted by atomic mass is 10.1. The van der Waals surface area contributed by atoms with Crippen LogP contribution in [0.4, 0.5) is 16.2 Å². The maximum absolute atomic E-state index is 14.1. The summed E-state index contributed by atoms with van der Waals surface area (Å²) in [7, 11) is 0.486. The number of anilines is 2. The van der Waals surface area contributed by atoms with Gasteiger partial charge in [-0.1, -0.05) is 32.6 Å². The lowest BCUT2D eigenvalue weighted by Crippen LogP contribution is -2.42. The third-order valence-electron chi connectivity index (χ3n) is 5.60. The van der Waals surface area contributed by atoms with Crippen LogP contribution in [0.3, 0.4) is 0 Å². The lowest BCUT2D eigenvalue weighted by Gasteiger charge is -2.32. The molecule has 0 aliphatic heterocycles. The van der Waals surface area contributed by atoms with Crippen LogP contribution in [0.1, 0.15) is 18.1 Å². The van der Waals surface area contributed by atoms with Crippen molar-refractivity contribution in [1.29, 1.82) is 0 Å². The molecule has 11 heteroatoms. The van der Waals surface area contributed by atoms with Crippen molar-refractivity contribution in [2.45, 2.75) is 51.7 Å². The molecule has 0 saturated heterocycles. The molecule has 0 bridgehead atoms. The highest BCUT2D eigenvalue weighted by molar-refractivity contribution is 6.76. The number of nitrogens with zero attached hydrogens (tertiary/aromatic N) is 3. The molecule has 1 unspecified atom stereocenters. The molecule has 0 spiro atoms. The number of hydrogen-bond acceptors (Lipinski definition) is 9. The Bertz CT molecular complexity index is 1010. The van der Waals surface area contributed by atoms with Crippen molar-refractivity contribution in [2.24, 2.45) is 5.73 Å². The number of ether oxygens (including phenoxy) is 3. The van der Waals surface area contributed by atoms with Crippen LogP contribution in [0.2, 0.25) is 25.7 Å². The van der Waals surface area contributed by atoms with Gasteiger partial charge in [0.25, 0.3) is 0 Å². The molecule has 0 aliphatic carbocycles. The Morgan fingerprint density at radius 2 is 1.97 bits per heavy atom. The van der Waals surface area contributed by atoms with Gasteiger partial charge < -0.3 is 35.3 Å². The lowest BCUT2D eigenvalue weighted by molar-refractivity contribution is 0.142. The molecule has 1 aromatic heterocycles. The molecular formula is C26H42FN5O4Si. The zero-order valence-electron chi connectivity index (χ0n) is 22.7. The normalized spacial score (nSPS) is 12.2. The summed E-state index contributed by atoms with van der Waals surface area (Å²) in [5.41, 5.74) is 7.43. The van der Waals surface area contributed by atoms with Gasteiger partial charge in [0.05, 0.1) is 18.2 Å². The summed E-state index contributed by atoms with van der Waals surface area (Å²) in [5, 5.41) is 12.0. The van der Waals surface area contributed by atoms with Gasteiger partial charge in [-0.2, -0.15) is 9.97 Å². The van der Waals surface area contributed by atoms with Crippen LogP contribution >= 0.6 is 0 Å². The summed E-state index contributed by atoms with van der Waals surface area (Å²) < 4.78 is 31.7. The van der Waals surface area contributed by atoms with Crippen molar-refractivity contribution in [1.82, 2.24) is 9.97 Å². The molecule has 2 rings (SSSR count). The van der Waals surface area contributed by atoms with Gasteiger partial charge in [0.2, 0.25) is 11.8 Å². The minimum absolute atomic E-state index is 0.0638. The topological polar surface area (TPSA) is 115 Å². The SMILES string of the molecule is C=CC(CN)N(COCC[Si](C)(C)C)c1nc(NC)nc(OCc2cc(F)cc(OCCO)c2)c1CC. The first-order chi connectivity index (χ1) is 17.6. The smallest absolute Gasteiger partial charge is 0.227 e. The van der Waals surface area contributed by atoms with Gasteiger partial charge in [-0.3, -0.25) is 0 Å². The van der Waals surface area contributed by atoms with Crippen LogP contribution in [0, 0.1) is 5.82 Å². The first-order valence-corrected chi connectivity index (χ1v) is 16.3. The fraction of sp³-hybridized carbons (Fsp3) is 0.538.